The molecule has 2 rings (SSSR count). The Hall–Kier alpha value is -2.61. The number of hydrogen-bond acceptors (Lipinski definition) is 3. The highest BCUT2D eigenvalue weighted by Gasteiger charge is 2.08. The first-order valence-electron chi connectivity index (χ1n) is 4.95. The number of aromatic nitrogens is 2. The molecule has 0 aliphatic heterocycles. The molecule has 84 valence electrons. The summed E-state index contributed by atoms with van der Waals surface area (Å²) < 4.78 is 0.676. The van der Waals surface area contributed by atoms with Gasteiger partial charge < -0.3 is 10.2 Å². The van der Waals surface area contributed by atoms with E-state index >= 15 is 0 Å². The Morgan fingerprint density at radius 3 is 2.65 bits per heavy atom. The molecule has 0 aliphatic carbocycles. The van der Waals surface area contributed by atoms with E-state index in [-0.39, 0.29) is 5.56 Å². The van der Waals surface area contributed by atoms with Crippen LogP contribution in [0.1, 0.15) is 11.3 Å². The molecule has 0 aliphatic rings. The van der Waals surface area contributed by atoms with E-state index in [0.717, 1.165) is 11.1 Å². The van der Waals surface area contributed by atoms with Crippen LogP contribution in [0.2, 0.25) is 0 Å². The van der Waals surface area contributed by atoms with Gasteiger partial charge in [-0.15, -0.1) is 0 Å². The summed E-state index contributed by atoms with van der Waals surface area (Å²) >= 11 is 0. The van der Waals surface area contributed by atoms with Crippen molar-refractivity contribution in [3.63, 3.8) is 0 Å². The van der Waals surface area contributed by atoms with Crippen molar-refractivity contribution in [3.8, 4) is 17.2 Å². The predicted molar refractivity (Wildman–Crippen MR) is 60.9 cm³/mol. The van der Waals surface area contributed by atoms with E-state index in [2.05, 4.69) is 4.98 Å². The fourth-order valence-corrected chi connectivity index (χ4v) is 1.60. The first-order chi connectivity index (χ1) is 8.11. The van der Waals surface area contributed by atoms with Crippen LogP contribution in [0.4, 0.5) is 0 Å². The van der Waals surface area contributed by atoms with Gasteiger partial charge in [0.05, 0.1) is 0 Å². The number of rotatable bonds is 1. The molecule has 5 nitrogen and oxygen atoms in total. The lowest BCUT2D eigenvalue weighted by molar-refractivity contribution is -0.605. The van der Waals surface area contributed by atoms with Gasteiger partial charge in [-0.05, 0) is 18.6 Å². The largest absolute Gasteiger partial charge is 0.619 e. The maximum atomic E-state index is 11.4. The molecule has 0 amide bonds. The van der Waals surface area contributed by atoms with Crippen LogP contribution in [0.15, 0.2) is 35.4 Å². The maximum absolute atomic E-state index is 11.4. The Kier molecular flexibility index (Phi) is 2.63. The summed E-state index contributed by atoms with van der Waals surface area (Å²) in [5, 5.41) is 19.7. The molecular weight excluding hydrogens is 218 g/mol. The van der Waals surface area contributed by atoms with Crippen LogP contribution >= 0.6 is 0 Å². The molecule has 1 N–H and O–H groups in total. The summed E-state index contributed by atoms with van der Waals surface area (Å²) in [4.78, 5) is 14.0. The van der Waals surface area contributed by atoms with Crippen molar-refractivity contribution >= 4 is 0 Å². The second-order valence-electron chi connectivity index (χ2n) is 3.61. The van der Waals surface area contributed by atoms with Crippen LogP contribution in [0.3, 0.4) is 0 Å². The molecule has 0 unspecified atom stereocenters. The Labute approximate surface area is 97.2 Å². The highest BCUT2D eigenvalue weighted by molar-refractivity contribution is 5.66. The number of H-pyrrole nitrogens is 1. The van der Waals surface area contributed by atoms with Gasteiger partial charge in [0.25, 0.3) is 5.56 Å². The summed E-state index contributed by atoms with van der Waals surface area (Å²) in [6, 6.07) is 6.63. The highest BCUT2D eigenvalue weighted by Crippen LogP contribution is 2.20. The topological polar surface area (TPSA) is 83.6 Å². The first-order valence-corrected chi connectivity index (χ1v) is 4.95. The molecule has 0 atom stereocenters. The number of aryl methyl sites for hydroxylation is 1. The average Bonchev–Trinajstić information content (AvgIpc) is 2.31. The fraction of sp³-hybridized carbons (Fsp3) is 0.0833. The minimum atomic E-state index is -0.399. The second kappa shape index (κ2) is 4.10. The molecule has 17 heavy (non-hydrogen) atoms. The normalized spacial score (nSPS) is 9.88. The molecular formula is C12H9N3O2. The number of nitriles is 1. The molecule has 0 radical (unpaired) electrons. The average molecular weight is 227 g/mol. The minimum absolute atomic E-state index is 0.0597. The lowest BCUT2D eigenvalue weighted by Gasteiger charge is -2.05. The van der Waals surface area contributed by atoms with Crippen LogP contribution in [0.25, 0.3) is 11.1 Å². The summed E-state index contributed by atoms with van der Waals surface area (Å²) in [6.07, 6.45) is 2.73. The van der Waals surface area contributed by atoms with Gasteiger partial charge in [0.15, 0.2) is 12.4 Å². The van der Waals surface area contributed by atoms with Crippen LogP contribution in [-0.2, 0) is 0 Å². The lowest BCUT2D eigenvalue weighted by atomic mass is 10.0. The smallest absolute Gasteiger partial charge is 0.266 e. The molecule has 0 spiro atoms. The third-order valence-electron chi connectivity index (χ3n) is 2.47. The molecule has 2 heterocycles. The van der Waals surface area contributed by atoms with E-state index < -0.39 is 5.56 Å². The quantitative estimate of drug-likeness (QED) is 0.579. The summed E-state index contributed by atoms with van der Waals surface area (Å²) in [5.41, 5.74) is 1.84. The standard InChI is InChI=1S/C12H9N3O2/c1-8-11(6-10(7-13)12(16)14-8)9-2-4-15(17)5-3-9/h2-6H,1H3,(H,14,16). The summed E-state index contributed by atoms with van der Waals surface area (Å²) in [6.45, 7) is 1.75. The third kappa shape index (κ3) is 2.01. The molecule has 0 saturated carbocycles. The predicted octanol–water partition coefficient (Wildman–Crippen LogP) is 0.855. The summed E-state index contributed by atoms with van der Waals surface area (Å²) in [7, 11) is 0. The SMILES string of the molecule is Cc1[nH]c(=O)c(C#N)cc1-c1cc[n+]([O-])cc1. The molecule has 0 fully saturated rings. The molecule has 0 aromatic carbocycles. The minimum Gasteiger partial charge on any atom is -0.619 e. The fourth-order valence-electron chi connectivity index (χ4n) is 1.60. The zero-order chi connectivity index (χ0) is 12.4. The molecule has 0 saturated heterocycles. The Morgan fingerprint density at radius 1 is 1.41 bits per heavy atom. The van der Waals surface area contributed by atoms with Gasteiger partial charge in [-0.2, -0.15) is 9.99 Å². The number of hydrogen-bond donors (Lipinski definition) is 1. The zero-order valence-corrected chi connectivity index (χ0v) is 9.10. The van der Waals surface area contributed by atoms with Gasteiger partial charge >= 0.3 is 0 Å². The van der Waals surface area contributed by atoms with E-state index in [1.54, 1.807) is 19.1 Å². The molecule has 2 aromatic rings. The third-order valence-corrected chi connectivity index (χ3v) is 2.47. The number of nitrogens with one attached hydrogen (secondary N) is 1. The first kappa shape index (κ1) is 10.9. The van der Waals surface area contributed by atoms with Crippen molar-refractivity contribution in [2.45, 2.75) is 6.92 Å². The molecule has 0 bridgehead atoms. The van der Waals surface area contributed by atoms with Crippen molar-refractivity contribution < 1.29 is 4.73 Å². The lowest BCUT2D eigenvalue weighted by Crippen LogP contribution is -2.23. The van der Waals surface area contributed by atoms with Crippen LogP contribution < -0.4 is 10.3 Å². The Balaban J connectivity index is 2.64. The Morgan fingerprint density at radius 2 is 2.06 bits per heavy atom. The van der Waals surface area contributed by atoms with E-state index in [1.807, 2.05) is 6.07 Å². The van der Waals surface area contributed by atoms with Crippen molar-refractivity contribution in [1.82, 2.24) is 4.98 Å². The summed E-state index contributed by atoms with van der Waals surface area (Å²) in [5.74, 6) is 0. The van der Waals surface area contributed by atoms with Gasteiger partial charge in [-0.1, -0.05) is 0 Å². The van der Waals surface area contributed by atoms with Gasteiger partial charge in [0.2, 0.25) is 0 Å². The van der Waals surface area contributed by atoms with Gasteiger partial charge in [0.1, 0.15) is 11.6 Å². The van der Waals surface area contributed by atoms with E-state index in [1.165, 1.54) is 18.5 Å². The van der Waals surface area contributed by atoms with Crippen molar-refractivity contribution in [1.29, 1.82) is 5.26 Å². The van der Waals surface area contributed by atoms with E-state index in [0.29, 0.717) is 10.4 Å². The second-order valence-corrected chi connectivity index (χ2v) is 3.61. The van der Waals surface area contributed by atoms with Gasteiger partial charge in [0, 0.05) is 23.4 Å². The zero-order valence-electron chi connectivity index (χ0n) is 9.10. The van der Waals surface area contributed by atoms with Gasteiger partial charge in [-0.25, -0.2) is 0 Å². The van der Waals surface area contributed by atoms with Crippen LogP contribution in [-0.4, -0.2) is 4.98 Å². The highest BCUT2D eigenvalue weighted by atomic mass is 16.5. The van der Waals surface area contributed by atoms with Crippen LogP contribution in [0, 0.1) is 23.5 Å². The number of pyridine rings is 2. The van der Waals surface area contributed by atoms with Crippen molar-refractivity contribution in [3.05, 3.63) is 57.4 Å². The maximum Gasteiger partial charge on any atom is 0.266 e. The Bertz CT molecular complexity index is 651. The number of nitrogens with zero attached hydrogens (tertiary/aromatic N) is 2. The van der Waals surface area contributed by atoms with E-state index in [4.69, 9.17) is 5.26 Å². The number of aromatic amines is 1. The van der Waals surface area contributed by atoms with E-state index in [9.17, 15) is 10.0 Å². The monoisotopic (exact) mass is 227 g/mol. The van der Waals surface area contributed by atoms with Crippen LogP contribution in [0.5, 0.6) is 0 Å². The van der Waals surface area contributed by atoms with Gasteiger partial charge in [-0.3, -0.25) is 4.79 Å². The van der Waals surface area contributed by atoms with Crippen molar-refractivity contribution in [2.75, 3.05) is 0 Å². The molecule has 2 aromatic heterocycles. The van der Waals surface area contributed by atoms with Crippen molar-refractivity contribution in [2.24, 2.45) is 0 Å². The molecule has 5 heteroatoms.